The highest BCUT2D eigenvalue weighted by Gasteiger charge is 2.13. The standard InChI is InChI=1S/C18H28N4O.C7H8.C2H6/c1-14(19)12-16(18(20)15-6-9-21-10-7-15)4-3-11-23-13-17-5-2-8-22-17;1-7-5-3-2-4-6-7;1-2/h6-7,9-10,12,17,22H,2-5,8,11,13,19-20H2,1H3;2-6H,1H3;1-2H3/b14-12-,18-16-;;. The first-order chi connectivity index (χ1) is 15.6. The Kier molecular flexibility index (Phi) is 14.5. The average molecular weight is 439 g/mol. The van der Waals surface area contributed by atoms with Crippen LogP contribution >= 0.6 is 0 Å². The molecule has 1 saturated heterocycles. The summed E-state index contributed by atoms with van der Waals surface area (Å²) in [5, 5.41) is 3.44. The van der Waals surface area contributed by atoms with Gasteiger partial charge >= 0.3 is 0 Å². The number of allylic oxidation sites excluding steroid dienone is 3. The molecule has 5 N–H and O–H groups in total. The molecular formula is C27H42N4O. The molecule has 0 radical (unpaired) electrons. The third-order valence-corrected chi connectivity index (χ3v) is 4.90. The lowest BCUT2D eigenvalue weighted by Gasteiger charge is -2.12. The number of aromatic nitrogens is 1. The minimum absolute atomic E-state index is 0.526. The van der Waals surface area contributed by atoms with Crippen LogP contribution in [-0.2, 0) is 4.74 Å². The van der Waals surface area contributed by atoms with Gasteiger partial charge in [-0.3, -0.25) is 4.98 Å². The van der Waals surface area contributed by atoms with Gasteiger partial charge in [0.25, 0.3) is 0 Å². The fraction of sp³-hybridized carbons (Fsp3) is 0.444. The van der Waals surface area contributed by atoms with Gasteiger partial charge in [-0.25, -0.2) is 0 Å². The van der Waals surface area contributed by atoms with E-state index >= 15 is 0 Å². The molecule has 1 aliphatic heterocycles. The van der Waals surface area contributed by atoms with E-state index in [1.54, 1.807) is 12.4 Å². The van der Waals surface area contributed by atoms with E-state index in [0.717, 1.165) is 55.1 Å². The molecule has 1 aromatic carbocycles. The first-order valence-corrected chi connectivity index (χ1v) is 11.7. The first kappa shape index (κ1) is 27.4. The van der Waals surface area contributed by atoms with Crippen LogP contribution < -0.4 is 16.8 Å². The van der Waals surface area contributed by atoms with Crippen molar-refractivity contribution in [3.63, 3.8) is 0 Å². The van der Waals surface area contributed by atoms with Crippen LogP contribution in [0.15, 0.2) is 72.2 Å². The van der Waals surface area contributed by atoms with Crippen molar-refractivity contribution in [2.45, 2.75) is 59.4 Å². The van der Waals surface area contributed by atoms with Gasteiger partial charge in [-0.05, 0) is 69.9 Å². The molecule has 0 saturated carbocycles. The quantitative estimate of drug-likeness (QED) is 0.390. The monoisotopic (exact) mass is 438 g/mol. The second kappa shape index (κ2) is 17.0. The number of aryl methyl sites for hydroxylation is 1. The van der Waals surface area contributed by atoms with Crippen LogP contribution in [0.1, 0.15) is 57.6 Å². The largest absolute Gasteiger partial charge is 0.402 e. The normalized spacial score (nSPS) is 16.2. The van der Waals surface area contributed by atoms with Gasteiger partial charge in [-0.2, -0.15) is 0 Å². The molecule has 1 aromatic heterocycles. The molecule has 0 aliphatic carbocycles. The Bertz CT molecular complexity index is 778. The maximum Gasteiger partial charge on any atom is 0.0619 e. The molecule has 32 heavy (non-hydrogen) atoms. The van der Waals surface area contributed by atoms with E-state index in [-0.39, 0.29) is 0 Å². The van der Waals surface area contributed by atoms with Crippen molar-refractivity contribution in [1.29, 1.82) is 0 Å². The summed E-state index contributed by atoms with van der Waals surface area (Å²) in [6, 6.07) is 14.6. The predicted octanol–water partition coefficient (Wildman–Crippen LogP) is 5.18. The van der Waals surface area contributed by atoms with Crippen molar-refractivity contribution in [3.05, 3.63) is 83.3 Å². The van der Waals surface area contributed by atoms with E-state index < -0.39 is 0 Å². The molecule has 2 aromatic rings. The van der Waals surface area contributed by atoms with Crippen LogP contribution in [0.4, 0.5) is 0 Å². The molecule has 0 bridgehead atoms. The number of benzene rings is 1. The summed E-state index contributed by atoms with van der Waals surface area (Å²) in [5.74, 6) is 0. The molecular weight excluding hydrogens is 396 g/mol. The molecule has 0 spiro atoms. The zero-order valence-corrected chi connectivity index (χ0v) is 20.3. The van der Waals surface area contributed by atoms with Gasteiger partial charge in [0.05, 0.1) is 6.61 Å². The summed E-state index contributed by atoms with van der Waals surface area (Å²) in [4.78, 5) is 4.03. The lowest BCUT2D eigenvalue weighted by Crippen LogP contribution is -2.26. The fourth-order valence-corrected chi connectivity index (χ4v) is 3.30. The average Bonchev–Trinajstić information content (AvgIpc) is 3.34. The Morgan fingerprint density at radius 2 is 1.81 bits per heavy atom. The molecule has 176 valence electrons. The van der Waals surface area contributed by atoms with E-state index in [0.29, 0.717) is 6.04 Å². The van der Waals surface area contributed by atoms with Crippen LogP contribution in [0.3, 0.4) is 0 Å². The van der Waals surface area contributed by atoms with Crippen molar-refractivity contribution >= 4 is 5.70 Å². The maximum absolute atomic E-state index is 6.30. The van der Waals surface area contributed by atoms with Crippen LogP contribution in [0.25, 0.3) is 5.70 Å². The molecule has 5 heteroatoms. The topological polar surface area (TPSA) is 86.2 Å². The van der Waals surface area contributed by atoms with Crippen molar-refractivity contribution in [1.82, 2.24) is 10.3 Å². The Morgan fingerprint density at radius 1 is 1.12 bits per heavy atom. The zero-order valence-electron chi connectivity index (χ0n) is 20.3. The first-order valence-electron chi connectivity index (χ1n) is 11.7. The molecule has 1 fully saturated rings. The van der Waals surface area contributed by atoms with E-state index in [1.165, 1.54) is 18.4 Å². The highest BCUT2D eigenvalue weighted by Crippen LogP contribution is 2.19. The van der Waals surface area contributed by atoms with E-state index in [2.05, 4.69) is 29.4 Å². The summed E-state index contributed by atoms with van der Waals surface area (Å²) >= 11 is 0. The molecule has 0 amide bonds. The van der Waals surface area contributed by atoms with Crippen LogP contribution in [-0.4, -0.2) is 30.8 Å². The van der Waals surface area contributed by atoms with Crippen LogP contribution in [0.2, 0.25) is 0 Å². The number of nitrogens with zero attached hydrogens (tertiary/aromatic N) is 1. The molecule has 3 rings (SSSR count). The van der Waals surface area contributed by atoms with Crippen molar-refractivity contribution in [3.8, 4) is 0 Å². The van der Waals surface area contributed by atoms with E-state index in [4.69, 9.17) is 16.2 Å². The molecule has 1 unspecified atom stereocenters. The molecule has 5 nitrogen and oxygen atoms in total. The lowest BCUT2D eigenvalue weighted by molar-refractivity contribution is 0.114. The van der Waals surface area contributed by atoms with Gasteiger partial charge in [0, 0.05) is 42.0 Å². The lowest BCUT2D eigenvalue weighted by atomic mass is 10.0. The van der Waals surface area contributed by atoms with Crippen molar-refractivity contribution in [2.75, 3.05) is 19.8 Å². The maximum atomic E-state index is 6.30. The van der Waals surface area contributed by atoms with Gasteiger partial charge in [-0.1, -0.05) is 49.7 Å². The summed E-state index contributed by atoms with van der Waals surface area (Å²) in [7, 11) is 0. The highest BCUT2D eigenvalue weighted by atomic mass is 16.5. The predicted molar refractivity (Wildman–Crippen MR) is 137 cm³/mol. The van der Waals surface area contributed by atoms with Crippen molar-refractivity contribution < 1.29 is 4.74 Å². The summed E-state index contributed by atoms with van der Waals surface area (Å²) in [6.45, 7) is 10.6. The number of nitrogens with one attached hydrogen (secondary N) is 1. The minimum Gasteiger partial charge on any atom is -0.402 e. The van der Waals surface area contributed by atoms with Gasteiger partial charge in [0.1, 0.15) is 0 Å². The highest BCUT2D eigenvalue weighted by molar-refractivity contribution is 5.67. The van der Waals surface area contributed by atoms with Crippen LogP contribution in [0, 0.1) is 6.92 Å². The fourth-order valence-electron chi connectivity index (χ4n) is 3.30. The number of ether oxygens (including phenoxy) is 1. The van der Waals surface area contributed by atoms with Gasteiger partial charge < -0.3 is 21.5 Å². The molecule has 1 atom stereocenters. The number of pyridine rings is 1. The zero-order chi connectivity index (χ0) is 23.6. The number of hydrogen-bond donors (Lipinski definition) is 3. The van der Waals surface area contributed by atoms with Crippen LogP contribution in [0.5, 0.6) is 0 Å². The van der Waals surface area contributed by atoms with E-state index in [1.807, 2.05) is 57.2 Å². The number of hydrogen-bond acceptors (Lipinski definition) is 5. The molecule has 1 aliphatic rings. The number of rotatable bonds is 8. The Labute approximate surface area is 195 Å². The Hall–Kier alpha value is -2.63. The van der Waals surface area contributed by atoms with Gasteiger partial charge in [0.2, 0.25) is 0 Å². The SMILES string of the molecule is C/C(N)=C/C(CCCOCC1CCCN1)=C(\N)c1ccncc1.CC.Cc1ccccc1. The Morgan fingerprint density at radius 3 is 2.34 bits per heavy atom. The van der Waals surface area contributed by atoms with Gasteiger partial charge in [-0.15, -0.1) is 0 Å². The summed E-state index contributed by atoms with van der Waals surface area (Å²) < 4.78 is 5.77. The Balaban J connectivity index is 0.000000477. The summed E-state index contributed by atoms with van der Waals surface area (Å²) in [5.41, 5.74) is 17.0. The third kappa shape index (κ3) is 11.7. The number of nitrogens with two attached hydrogens (primary N) is 2. The van der Waals surface area contributed by atoms with Gasteiger partial charge in [0.15, 0.2) is 0 Å². The second-order valence-corrected chi connectivity index (χ2v) is 7.69. The smallest absolute Gasteiger partial charge is 0.0619 e. The van der Waals surface area contributed by atoms with E-state index in [9.17, 15) is 0 Å². The third-order valence-electron chi connectivity index (χ3n) is 4.90. The minimum atomic E-state index is 0.526. The second-order valence-electron chi connectivity index (χ2n) is 7.69. The van der Waals surface area contributed by atoms with Crippen molar-refractivity contribution in [2.24, 2.45) is 11.5 Å². The summed E-state index contributed by atoms with van der Waals surface area (Å²) in [6.07, 6.45) is 9.69. The molecule has 2 heterocycles.